The van der Waals surface area contributed by atoms with E-state index >= 15 is 0 Å². The summed E-state index contributed by atoms with van der Waals surface area (Å²) in [6.07, 6.45) is -2.02. The Morgan fingerprint density at radius 3 is 2.60 bits per heavy atom. The van der Waals surface area contributed by atoms with Gasteiger partial charge in [0.15, 0.2) is 6.10 Å². The van der Waals surface area contributed by atoms with Gasteiger partial charge >= 0.3 is 5.97 Å². The molecule has 0 heterocycles. The molecule has 0 aromatic heterocycles. The number of nitro benzene ring substituents is 1. The van der Waals surface area contributed by atoms with Gasteiger partial charge in [-0.3, -0.25) is 10.1 Å². The lowest BCUT2D eigenvalue weighted by Gasteiger charge is -2.09. The van der Waals surface area contributed by atoms with Gasteiger partial charge in [0, 0.05) is 18.7 Å². The summed E-state index contributed by atoms with van der Waals surface area (Å²) in [5.74, 6) is -2.92. The van der Waals surface area contributed by atoms with Crippen LogP contribution in [0.15, 0.2) is 23.1 Å². The standard InChI is InChI=1S/C9H9FN2O7S/c10-6-2-1-5(12(16)17)3-8(6)20(18,19)11-4-7(13)9(14)15/h1-3,7,11,13H,4H2,(H,14,15)/t7-/m0/s1. The molecule has 110 valence electrons. The maximum absolute atomic E-state index is 13.4. The van der Waals surface area contributed by atoms with Crippen LogP contribution in [0, 0.1) is 15.9 Å². The molecule has 0 amide bonds. The lowest BCUT2D eigenvalue weighted by Crippen LogP contribution is -2.36. The lowest BCUT2D eigenvalue weighted by molar-refractivity contribution is -0.385. The number of aliphatic hydroxyl groups is 1. The number of carboxylic acids is 1. The summed E-state index contributed by atoms with van der Waals surface area (Å²) in [5, 5.41) is 27.8. The van der Waals surface area contributed by atoms with Crippen molar-refractivity contribution in [3.8, 4) is 0 Å². The third-order valence-electron chi connectivity index (χ3n) is 2.17. The molecular weight excluding hydrogens is 299 g/mol. The summed E-state index contributed by atoms with van der Waals surface area (Å²) in [7, 11) is -4.53. The second-order valence-electron chi connectivity index (χ2n) is 3.58. The first kappa shape index (κ1) is 15.9. The molecule has 11 heteroatoms. The number of carbonyl (C=O) groups is 1. The number of sulfonamides is 1. The number of aliphatic carboxylic acids is 1. The predicted octanol–water partition coefficient (Wildman–Crippen LogP) is -0.542. The van der Waals surface area contributed by atoms with Crippen molar-refractivity contribution in [2.24, 2.45) is 0 Å². The minimum Gasteiger partial charge on any atom is -0.479 e. The molecule has 1 aromatic carbocycles. The molecule has 0 saturated heterocycles. The van der Waals surface area contributed by atoms with Gasteiger partial charge in [0.25, 0.3) is 5.69 Å². The highest BCUT2D eigenvalue weighted by molar-refractivity contribution is 7.89. The number of nitro groups is 1. The van der Waals surface area contributed by atoms with Crippen molar-refractivity contribution in [3.05, 3.63) is 34.1 Å². The molecule has 1 atom stereocenters. The Balaban J connectivity index is 3.06. The van der Waals surface area contributed by atoms with E-state index in [4.69, 9.17) is 10.2 Å². The van der Waals surface area contributed by atoms with Crippen LogP contribution < -0.4 is 4.72 Å². The number of hydrogen-bond acceptors (Lipinski definition) is 6. The van der Waals surface area contributed by atoms with Crippen LogP contribution in [0.5, 0.6) is 0 Å². The number of nitrogens with one attached hydrogen (secondary N) is 1. The SMILES string of the molecule is O=C(O)[C@@H](O)CNS(=O)(=O)c1cc([N+](=O)[O-])ccc1F. The van der Waals surface area contributed by atoms with E-state index < -0.39 is 50.0 Å². The number of aliphatic hydroxyl groups excluding tert-OH is 1. The normalized spacial score (nSPS) is 12.9. The van der Waals surface area contributed by atoms with Crippen molar-refractivity contribution in [3.63, 3.8) is 0 Å². The summed E-state index contributed by atoms with van der Waals surface area (Å²) in [4.78, 5) is 18.9. The molecular formula is C9H9FN2O7S. The molecule has 0 unspecified atom stereocenters. The fraction of sp³-hybridized carbons (Fsp3) is 0.222. The van der Waals surface area contributed by atoms with Crippen LogP contribution in [0.2, 0.25) is 0 Å². The fourth-order valence-corrected chi connectivity index (χ4v) is 2.30. The second-order valence-corrected chi connectivity index (χ2v) is 5.31. The first-order valence-electron chi connectivity index (χ1n) is 4.99. The van der Waals surface area contributed by atoms with Crippen LogP contribution in [0.1, 0.15) is 0 Å². The van der Waals surface area contributed by atoms with E-state index in [-0.39, 0.29) is 0 Å². The Labute approximate surface area is 111 Å². The average molecular weight is 308 g/mol. The number of hydrogen-bond donors (Lipinski definition) is 3. The monoisotopic (exact) mass is 308 g/mol. The highest BCUT2D eigenvalue weighted by atomic mass is 32.2. The molecule has 0 aliphatic heterocycles. The van der Waals surface area contributed by atoms with Gasteiger partial charge in [0.05, 0.1) is 4.92 Å². The molecule has 3 N–H and O–H groups in total. The third kappa shape index (κ3) is 3.69. The largest absolute Gasteiger partial charge is 0.479 e. The van der Waals surface area contributed by atoms with Gasteiger partial charge in [0.2, 0.25) is 10.0 Å². The van der Waals surface area contributed by atoms with Crippen molar-refractivity contribution in [2.45, 2.75) is 11.0 Å². The molecule has 1 aromatic rings. The van der Waals surface area contributed by atoms with Gasteiger partial charge in [-0.15, -0.1) is 0 Å². The number of nitrogens with zero attached hydrogens (tertiary/aromatic N) is 1. The molecule has 0 bridgehead atoms. The number of non-ortho nitro benzene ring substituents is 1. The van der Waals surface area contributed by atoms with E-state index in [0.29, 0.717) is 12.1 Å². The third-order valence-corrected chi connectivity index (χ3v) is 3.61. The summed E-state index contributed by atoms with van der Waals surface area (Å²) < 4.78 is 38.4. The molecule has 0 radical (unpaired) electrons. The van der Waals surface area contributed by atoms with Gasteiger partial charge in [-0.1, -0.05) is 0 Å². The number of carboxylic acid groups (broad SMARTS) is 1. The Bertz CT molecular complexity index is 646. The Hall–Kier alpha value is -2.11. The summed E-state index contributed by atoms with van der Waals surface area (Å²) in [5.41, 5.74) is -0.648. The van der Waals surface area contributed by atoms with E-state index in [1.807, 2.05) is 0 Å². The molecule has 0 fully saturated rings. The zero-order valence-corrected chi connectivity index (χ0v) is 10.5. The minimum absolute atomic E-state index is 0.491. The molecule has 0 aliphatic carbocycles. The molecule has 1 rings (SSSR count). The summed E-state index contributed by atoms with van der Waals surface area (Å²) in [6, 6.07) is 1.87. The lowest BCUT2D eigenvalue weighted by atomic mass is 10.3. The quantitative estimate of drug-likeness (QED) is 0.472. The van der Waals surface area contributed by atoms with Crippen LogP contribution in [0.3, 0.4) is 0 Å². The average Bonchev–Trinajstić information content (AvgIpc) is 2.35. The second kappa shape index (κ2) is 5.90. The Kier molecular flexibility index (Phi) is 4.70. The number of rotatable bonds is 6. The minimum atomic E-state index is -4.53. The molecule has 0 spiro atoms. The summed E-state index contributed by atoms with van der Waals surface area (Å²) >= 11 is 0. The van der Waals surface area contributed by atoms with Crippen LogP contribution in [0.4, 0.5) is 10.1 Å². The van der Waals surface area contributed by atoms with Gasteiger partial charge in [-0.05, 0) is 6.07 Å². The van der Waals surface area contributed by atoms with E-state index in [2.05, 4.69) is 0 Å². The van der Waals surface area contributed by atoms with E-state index in [1.165, 1.54) is 0 Å². The van der Waals surface area contributed by atoms with Gasteiger partial charge in [-0.25, -0.2) is 22.3 Å². The fourth-order valence-electron chi connectivity index (χ4n) is 1.17. The maximum Gasteiger partial charge on any atom is 0.333 e. The topological polar surface area (TPSA) is 147 Å². The van der Waals surface area contributed by atoms with Crippen molar-refractivity contribution in [1.82, 2.24) is 4.72 Å². The highest BCUT2D eigenvalue weighted by Crippen LogP contribution is 2.20. The highest BCUT2D eigenvalue weighted by Gasteiger charge is 2.24. The Morgan fingerprint density at radius 1 is 1.50 bits per heavy atom. The van der Waals surface area contributed by atoms with Crippen molar-refractivity contribution in [1.29, 1.82) is 0 Å². The number of halogens is 1. The Morgan fingerprint density at radius 2 is 2.10 bits per heavy atom. The van der Waals surface area contributed by atoms with Gasteiger partial charge < -0.3 is 10.2 Å². The van der Waals surface area contributed by atoms with Gasteiger partial charge in [0.1, 0.15) is 10.7 Å². The first-order valence-corrected chi connectivity index (χ1v) is 6.48. The summed E-state index contributed by atoms with van der Waals surface area (Å²) in [6.45, 7) is -0.903. The van der Waals surface area contributed by atoms with Crippen LogP contribution in [0.25, 0.3) is 0 Å². The molecule has 9 nitrogen and oxygen atoms in total. The van der Waals surface area contributed by atoms with Crippen molar-refractivity contribution < 1.29 is 32.7 Å². The number of benzene rings is 1. The van der Waals surface area contributed by atoms with E-state index in [9.17, 15) is 27.7 Å². The first-order chi connectivity index (χ1) is 9.15. The maximum atomic E-state index is 13.4. The predicted molar refractivity (Wildman–Crippen MR) is 61.9 cm³/mol. The van der Waals surface area contributed by atoms with Crippen LogP contribution in [-0.4, -0.2) is 42.2 Å². The zero-order valence-electron chi connectivity index (χ0n) is 9.69. The molecule has 20 heavy (non-hydrogen) atoms. The van der Waals surface area contributed by atoms with Gasteiger partial charge in [-0.2, -0.15) is 0 Å². The van der Waals surface area contributed by atoms with Crippen molar-refractivity contribution in [2.75, 3.05) is 6.54 Å². The van der Waals surface area contributed by atoms with Crippen LogP contribution in [-0.2, 0) is 14.8 Å². The smallest absolute Gasteiger partial charge is 0.333 e. The zero-order chi connectivity index (χ0) is 15.5. The van der Waals surface area contributed by atoms with E-state index in [1.54, 1.807) is 4.72 Å². The van der Waals surface area contributed by atoms with Crippen molar-refractivity contribution >= 4 is 21.7 Å². The molecule has 0 aliphatic rings. The van der Waals surface area contributed by atoms with Crippen LogP contribution >= 0.6 is 0 Å². The molecule has 0 saturated carbocycles. The van der Waals surface area contributed by atoms with E-state index in [0.717, 1.165) is 6.07 Å².